The Labute approximate surface area is 224 Å². The Morgan fingerprint density at radius 2 is 2.08 bits per heavy atom. The standard InChI is InChI=1S/C27H30FN5O6/c1-7-27(12-34)18(36)10-20(39-27)33-13-29-22-23(31-25(28)32-24(22)33)30-19(37)11-26(5,6)21-15(3)8-14(2)9-17(21)38-16(4)35/h1,8-9,13,18,20,34,36H,10-12H2,2-6H3,(H,30,31,32,37)/t18-,20+,27+/m0/s1. The van der Waals surface area contributed by atoms with Gasteiger partial charge in [-0.15, -0.1) is 6.42 Å². The molecule has 0 unspecified atom stereocenters. The fraction of sp³-hybridized carbons (Fsp3) is 0.444. The molecule has 3 atom stereocenters. The maximum atomic E-state index is 14.5. The van der Waals surface area contributed by atoms with E-state index >= 15 is 0 Å². The van der Waals surface area contributed by atoms with Gasteiger partial charge in [-0.25, -0.2) is 4.98 Å². The van der Waals surface area contributed by atoms with Crippen molar-refractivity contribution in [2.75, 3.05) is 11.9 Å². The number of ether oxygens (including phenoxy) is 2. The second-order valence-electron chi connectivity index (χ2n) is 10.3. The van der Waals surface area contributed by atoms with Crippen LogP contribution in [0.3, 0.4) is 0 Å². The van der Waals surface area contributed by atoms with Crippen LogP contribution >= 0.6 is 0 Å². The van der Waals surface area contributed by atoms with Crippen molar-refractivity contribution < 1.29 is 33.7 Å². The molecule has 1 fully saturated rings. The van der Waals surface area contributed by atoms with E-state index in [2.05, 4.69) is 26.2 Å². The molecule has 1 aromatic carbocycles. The smallest absolute Gasteiger partial charge is 0.312 e. The van der Waals surface area contributed by atoms with E-state index < -0.39 is 47.9 Å². The summed E-state index contributed by atoms with van der Waals surface area (Å²) in [5.41, 5.74) is 0.144. The first kappa shape index (κ1) is 28.1. The molecule has 0 saturated carbocycles. The summed E-state index contributed by atoms with van der Waals surface area (Å²) in [7, 11) is 0. The van der Waals surface area contributed by atoms with Gasteiger partial charge in [0.25, 0.3) is 0 Å². The second-order valence-corrected chi connectivity index (χ2v) is 10.3. The first-order valence-electron chi connectivity index (χ1n) is 12.2. The number of hydrogen-bond donors (Lipinski definition) is 3. The number of nitrogens with one attached hydrogen (secondary N) is 1. The predicted octanol–water partition coefficient (Wildman–Crippen LogP) is 2.46. The number of nitrogens with zero attached hydrogens (tertiary/aromatic N) is 4. The van der Waals surface area contributed by atoms with E-state index in [0.717, 1.165) is 11.1 Å². The minimum Gasteiger partial charge on any atom is -0.426 e. The number of rotatable bonds is 7. The molecule has 12 heteroatoms. The molecule has 1 aliphatic rings. The summed E-state index contributed by atoms with van der Waals surface area (Å²) in [6.45, 7) is 8.12. The SMILES string of the molecule is C#C[C@]1(CO)O[C@@H](n2cnc3c(NC(=O)CC(C)(C)c4c(C)cc(C)cc4OC(C)=O)nc(F)nc32)C[C@@H]1O. The van der Waals surface area contributed by atoms with Gasteiger partial charge >= 0.3 is 12.0 Å². The lowest BCUT2D eigenvalue weighted by Crippen LogP contribution is -2.41. The number of carbonyl (C=O) groups excluding carboxylic acids is 2. The topological polar surface area (TPSA) is 149 Å². The van der Waals surface area contributed by atoms with Gasteiger partial charge in [0.1, 0.15) is 18.1 Å². The first-order valence-corrected chi connectivity index (χ1v) is 12.2. The Balaban J connectivity index is 1.62. The van der Waals surface area contributed by atoms with Crippen LogP contribution < -0.4 is 10.1 Å². The molecule has 0 radical (unpaired) electrons. The Morgan fingerprint density at radius 3 is 2.69 bits per heavy atom. The zero-order valence-corrected chi connectivity index (χ0v) is 22.3. The summed E-state index contributed by atoms with van der Waals surface area (Å²) >= 11 is 0. The summed E-state index contributed by atoms with van der Waals surface area (Å²) in [4.78, 5) is 36.7. The third-order valence-electron chi connectivity index (χ3n) is 6.73. The van der Waals surface area contributed by atoms with E-state index in [-0.39, 0.29) is 29.8 Å². The quantitative estimate of drug-likeness (QED) is 0.178. The van der Waals surface area contributed by atoms with Crippen LogP contribution in [0.1, 0.15) is 56.5 Å². The van der Waals surface area contributed by atoms with E-state index in [1.54, 1.807) is 6.07 Å². The van der Waals surface area contributed by atoms with Gasteiger partial charge in [0.05, 0.1) is 12.9 Å². The van der Waals surface area contributed by atoms with Gasteiger partial charge in [-0.05, 0) is 31.0 Å². The number of fused-ring (bicyclic) bond motifs is 1. The molecule has 0 bridgehead atoms. The van der Waals surface area contributed by atoms with Crippen LogP contribution in [0.5, 0.6) is 5.75 Å². The number of terminal acetylenes is 1. The molecule has 1 aliphatic heterocycles. The number of aryl methyl sites for hydroxylation is 2. The molecule has 39 heavy (non-hydrogen) atoms. The highest BCUT2D eigenvalue weighted by Crippen LogP contribution is 2.39. The third-order valence-corrected chi connectivity index (χ3v) is 6.73. The van der Waals surface area contributed by atoms with Crippen LogP contribution in [0.4, 0.5) is 10.2 Å². The molecule has 2 aromatic heterocycles. The minimum absolute atomic E-state index is 0.00169. The second kappa shape index (κ2) is 10.3. The summed E-state index contributed by atoms with van der Waals surface area (Å²) in [6.07, 6.45) is 3.53. The van der Waals surface area contributed by atoms with Gasteiger partial charge in [0, 0.05) is 30.7 Å². The number of hydrogen-bond acceptors (Lipinski definition) is 9. The predicted molar refractivity (Wildman–Crippen MR) is 138 cm³/mol. The fourth-order valence-corrected chi connectivity index (χ4v) is 5.12. The molecule has 3 heterocycles. The van der Waals surface area contributed by atoms with Crippen LogP contribution in [-0.4, -0.2) is 59.9 Å². The van der Waals surface area contributed by atoms with Gasteiger partial charge in [-0.3, -0.25) is 14.2 Å². The molecule has 0 aliphatic carbocycles. The number of imidazole rings is 1. The van der Waals surface area contributed by atoms with Gasteiger partial charge in [0.15, 0.2) is 22.6 Å². The molecular formula is C27H30FN5O6. The normalized spacial score (nSPS) is 21.1. The minimum atomic E-state index is -1.62. The van der Waals surface area contributed by atoms with Crippen LogP contribution in [0.2, 0.25) is 0 Å². The third kappa shape index (κ3) is 5.34. The van der Waals surface area contributed by atoms with Crippen molar-refractivity contribution in [1.82, 2.24) is 19.5 Å². The lowest BCUT2D eigenvalue weighted by atomic mass is 9.78. The van der Waals surface area contributed by atoms with Crippen molar-refractivity contribution >= 4 is 28.9 Å². The lowest BCUT2D eigenvalue weighted by Gasteiger charge is -2.29. The van der Waals surface area contributed by atoms with E-state index in [4.69, 9.17) is 15.9 Å². The highest BCUT2D eigenvalue weighted by Gasteiger charge is 2.48. The molecule has 1 amide bonds. The summed E-state index contributed by atoms with van der Waals surface area (Å²) in [5.74, 6) is 1.53. The molecular weight excluding hydrogens is 509 g/mol. The molecule has 4 rings (SSSR count). The van der Waals surface area contributed by atoms with Crippen molar-refractivity contribution in [2.45, 2.75) is 70.8 Å². The highest BCUT2D eigenvalue weighted by molar-refractivity contribution is 5.97. The van der Waals surface area contributed by atoms with Crippen molar-refractivity contribution in [3.05, 3.63) is 41.2 Å². The lowest BCUT2D eigenvalue weighted by molar-refractivity contribution is -0.131. The molecule has 3 aromatic rings. The molecule has 11 nitrogen and oxygen atoms in total. The summed E-state index contributed by atoms with van der Waals surface area (Å²) < 4.78 is 27.0. The number of aliphatic hydroxyl groups is 2. The maximum absolute atomic E-state index is 14.5. The van der Waals surface area contributed by atoms with Crippen molar-refractivity contribution in [1.29, 1.82) is 0 Å². The Hall–Kier alpha value is -3.92. The number of benzene rings is 1. The molecule has 3 N–H and O–H groups in total. The zero-order chi connectivity index (χ0) is 28.7. The van der Waals surface area contributed by atoms with Gasteiger partial charge in [-0.2, -0.15) is 14.4 Å². The van der Waals surface area contributed by atoms with Crippen LogP contribution in [0.15, 0.2) is 18.5 Å². The molecule has 206 valence electrons. The van der Waals surface area contributed by atoms with Crippen LogP contribution in [0, 0.1) is 32.3 Å². The number of aliphatic hydroxyl groups excluding tert-OH is 2. The Bertz CT molecular complexity index is 1500. The maximum Gasteiger partial charge on any atom is 0.312 e. The van der Waals surface area contributed by atoms with E-state index in [9.17, 15) is 24.2 Å². The average Bonchev–Trinajstić information content (AvgIpc) is 3.38. The van der Waals surface area contributed by atoms with Gasteiger partial charge < -0.3 is 25.0 Å². The first-order chi connectivity index (χ1) is 18.3. The summed E-state index contributed by atoms with van der Waals surface area (Å²) in [5, 5.41) is 22.6. The Kier molecular flexibility index (Phi) is 7.44. The molecule has 0 spiro atoms. The number of anilines is 1. The number of esters is 1. The van der Waals surface area contributed by atoms with Crippen molar-refractivity contribution in [3.8, 4) is 18.1 Å². The number of amides is 1. The van der Waals surface area contributed by atoms with E-state index in [1.807, 2.05) is 33.8 Å². The fourth-order valence-electron chi connectivity index (χ4n) is 5.12. The van der Waals surface area contributed by atoms with E-state index in [1.165, 1.54) is 17.8 Å². The largest absolute Gasteiger partial charge is 0.426 e. The molecule has 1 saturated heterocycles. The van der Waals surface area contributed by atoms with E-state index in [0.29, 0.717) is 11.3 Å². The van der Waals surface area contributed by atoms with Gasteiger partial charge in [0.2, 0.25) is 5.91 Å². The number of carbonyl (C=O) groups is 2. The average molecular weight is 540 g/mol. The summed E-state index contributed by atoms with van der Waals surface area (Å²) in [6, 6.07) is 3.68. The monoisotopic (exact) mass is 539 g/mol. The number of halogens is 1. The highest BCUT2D eigenvalue weighted by atomic mass is 19.1. The Morgan fingerprint density at radius 1 is 1.36 bits per heavy atom. The van der Waals surface area contributed by atoms with Crippen LogP contribution in [-0.2, 0) is 19.7 Å². The van der Waals surface area contributed by atoms with Crippen LogP contribution in [0.25, 0.3) is 11.2 Å². The zero-order valence-electron chi connectivity index (χ0n) is 22.3. The van der Waals surface area contributed by atoms with Crippen molar-refractivity contribution in [3.63, 3.8) is 0 Å². The number of aromatic nitrogens is 4. The van der Waals surface area contributed by atoms with Gasteiger partial charge in [-0.1, -0.05) is 25.8 Å². The van der Waals surface area contributed by atoms with Crippen molar-refractivity contribution in [2.24, 2.45) is 0 Å².